The van der Waals surface area contributed by atoms with Crippen molar-refractivity contribution in [3.63, 3.8) is 0 Å². The van der Waals surface area contributed by atoms with Gasteiger partial charge in [0.1, 0.15) is 0 Å². The zero-order chi connectivity index (χ0) is 20.1. The molecule has 0 radical (unpaired) electrons. The number of ketones is 1. The molecule has 2 aromatic rings. The van der Waals surface area contributed by atoms with Gasteiger partial charge in [-0.2, -0.15) is 11.8 Å². The van der Waals surface area contributed by atoms with Crippen molar-refractivity contribution in [2.24, 2.45) is 0 Å². The van der Waals surface area contributed by atoms with Crippen molar-refractivity contribution in [3.05, 3.63) is 71.3 Å². The highest BCUT2D eigenvalue weighted by Gasteiger charge is 2.40. The Hall–Kier alpha value is -2.11. The van der Waals surface area contributed by atoms with Gasteiger partial charge in [-0.25, -0.2) is 0 Å². The molecule has 0 atom stereocenters. The minimum atomic E-state index is -0.150. The Bertz CT molecular complexity index is 856. The Morgan fingerprint density at radius 3 is 2.21 bits per heavy atom. The van der Waals surface area contributed by atoms with Crippen molar-refractivity contribution >= 4 is 23.5 Å². The van der Waals surface area contributed by atoms with Gasteiger partial charge in [0.2, 0.25) is 0 Å². The first-order valence-electron chi connectivity index (χ1n) is 10.5. The van der Waals surface area contributed by atoms with Crippen molar-refractivity contribution in [2.45, 2.75) is 31.2 Å². The first-order chi connectivity index (χ1) is 14.2. The average molecular weight is 409 g/mol. The van der Waals surface area contributed by atoms with Crippen LogP contribution in [0.3, 0.4) is 0 Å². The first kappa shape index (κ1) is 20.2. The number of benzene rings is 2. The zero-order valence-electron chi connectivity index (χ0n) is 16.7. The second kappa shape index (κ2) is 9.14. The van der Waals surface area contributed by atoms with E-state index in [-0.39, 0.29) is 17.2 Å². The molecule has 0 unspecified atom stereocenters. The SMILES string of the molecule is O=C(NCC1(N2CCSCC2)CCCC1)c1ccccc1C(=O)c1ccccc1. The Morgan fingerprint density at radius 2 is 1.52 bits per heavy atom. The van der Waals surface area contributed by atoms with Crippen molar-refractivity contribution < 1.29 is 9.59 Å². The molecule has 4 nitrogen and oxygen atoms in total. The van der Waals surface area contributed by atoms with Crippen LogP contribution in [-0.2, 0) is 0 Å². The van der Waals surface area contributed by atoms with E-state index in [2.05, 4.69) is 10.2 Å². The zero-order valence-corrected chi connectivity index (χ0v) is 17.5. The fraction of sp³-hybridized carbons (Fsp3) is 0.417. The van der Waals surface area contributed by atoms with Crippen LogP contribution in [0.4, 0.5) is 0 Å². The Morgan fingerprint density at radius 1 is 0.897 bits per heavy atom. The van der Waals surface area contributed by atoms with Gasteiger partial charge < -0.3 is 5.32 Å². The van der Waals surface area contributed by atoms with E-state index in [4.69, 9.17) is 0 Å². The molecular weight excluding hydrogens is 380 g/mol. The quantitative estimate of drug-likeness (QED) is 0.734. The third-order valence-electron chi connectivity index (χ3n) is 6.25. The molecule has 29 heavy (non-hydrogen) atoms. The minimum Gasteiger partial charge on any atom is -0.350 e. The maximum atomic E-state index is 13.1. The van der Waals surface area contributed by atoms with E-state index in [1.807, 2.05) is 42.1 Å². The first-order valence-corrected chi connectivity index (χ1v) is 11.6. The van der Waals surface area contributed by atoms with Crippen LogP contribution in [0, 0.1) is 0 Å². The van der Waals surface area contributed by atoms with E-state index in [1.165, 1.54) is 24.3 Å². The van der Waals surface area contributed by atoms with E-state index in [9.17, 15) is 9.59 Å². The number of nitrogens with one attached hydrogen (secondary N) is 1. The van der Waals surface area contributed by atoms with Crippen LogP contribution in [0.1, 0.15) is 52.0 Å². The Kier molecular flexibility index (Phi) is 6.36. The summed E-state index contributed by atoms with van der Waals surface area (Å²) in [6.07, 6.45) is 4.73. The molecule has 5 heteroatoms. The predicted octanol–water partition coefficient (Wildman–Crippen LogP) is 4.01. The van der Waals surface area contributed by atoms with Gasteiger partial charge in [-0.1, -0.05) is 61.4 Å². The highest BCUT2D eigenvalue weighted by atomic mass is 32.2. The molecule has 2 aliphatic rings. The fourth-order valence-electron chi connectivity index (χ4n) is 4.64. The number of thioether (sulfide) groups is 1. The van der Waals surface area contributed by atoms with Crippen molar-refractivity contribution in [3.8, 4) is 0 Å². The highest BCUT2D eigenvalue weighted by molar-refractivity contribution is 7.99. The van der Waals surface area contributed by atoms with Gasteiger partial charge in [0.15, 0.2) is 5.78 Å². The molecule has 0 spiro atoms. The summed E-state index contributed by atoms with van der Waals surface area (Å²) in [4.78, 5) is 28.6. The van der Waals surface area contributed by atoms with Gasteiger partial charge in [-0.3, -0.25) is 14.5 Å². The summed E-state index contributed by atoms with van der Waals surface area (Å²) in [5.41, 5.74) is 1.61. The maximum absolute atomic E-state index is 13.1. The molecule has 4 rings (SSSR count). The third kappa shape index (κ3) is 4.41. The predicted molar refractivity (Wildman–Crippen MR) is 119 cm³/mol. The van der Waals surface area contributed by atoms with E-state index in [0.717, 1.165) is 25.9 Å². The van der Waals surface area contributed by atoms with E-state index >= 15 is 0 Å². The molecule has 1 aliphatic heterocycles. The number of amides is 1. The van der Waals surface area contributed by atoms with Crippen LogP contribution in [0.15, 0.2) is 54.6 Å². The van der Waals surface area contributed by atoms with Gasteiger partial charge in [0.05, 0.1) is 5.56 Å². The Balaban J connectivity index is 1.51. The number of nitrogens with zero attached hydrogens (tertiary/aromatic N) is 1. The summed E-state index contributed by atoms with van der Waals surface area (Å²) in [5.74, 6) is 2.08. The van der Waals surface area contributed by atoms with Gasteiger partial charge in [0.25, 0.3) is 5.91 Å². The van der Waals surface area contributed by atoms with Gasteiger partial charge in [-0.05, 0) is 18.9 Å². The Labute approximate surface area is 177 Å². The van der Waals surface area contributed by atoms with E-state index < -0.39 is 0 Å². The van der Waals surface area contributed by atoms with Crippen LogP contribution in [0.5, 0.6) is 0 Å². The summed E-state index contributed by atoms with van der Waals surface area (Å²) in [6.45, 7) is 2.86. The molecule has 2 aromatic carbocycles. The standard InChI is InChI=1S/C24H28N2O2S/c27-22(19-8-2-1-3-9-19)20-10-4-5-11-21(20)23(28)25-18-24(12-6-7-13-24)26-14-16-29-17-15-26/h1-5,8-11H,6-7,12-18H2,(H,25,28). The van der Waals surface area contributed by atoms with Crippen molar-refractivity contribution in [1.82, 2.24) is 10.2 Å². The lowest BCUT2D eigenvalue weighted by Crippen LogP contribution is -2.56. The number of hydrogen-bond acceptors (Lipinski definition) is 4. The van der Waals surface area contributed by atoms with Gasteiger partial charge >= 0.3 is 0 Å². The van der Waals surface area contributed by atoms with Gasteiger partial charge in [-0.15, -0.1) is 0 Å². The van der Waals surface area contributed by atoms with Crippen LogP contribution < -0.4 is 5.32 Å². The molecule has 1 N–H and O–H groups in total. The maximum Gasteiger partial charge on any atom is 0.252 e. The molecule has 152 valence electrons. The molecule has 1 saturated carbocycles. The molecule has 0 bridgehead atoms. The molecule has 1 aliphatic carbocycles. The van der Waals surface area contributed by atoms with Crippen LogP contribution in [0.25, 0.3) is 0 Å². The summed E-state index contributed by atoms with van der Waals surface area (Å²) in [6, 6.07) is 16.3. The highest BCUT2D eigenvalue weighted by Crippen LogP contribution is 2.36. The summed E-state index contributed by atoms with van der Waals surface area (Å²) in [5, 5.41) is 3.19. The molecular formula is C24H28N2O2S. The molecule has 1 saturated heterocycles. The van der Waals surface area contributed by atoms with Crippen LogP contribution in [-0.4, -0.2) is 53.3 Å². The third-order valence-corrected chi connectivity index (χ3v) is 7.19. The normalized spacial score (nSPS) is 19.0. The second-order valence-corrected chi connectivity index (χ2v) is 9.18. The smallest absolute Gasteiger partial charge is 0.252 e. The average Bonchev–Trinajstić information content (AvgIpc) is 3.28. The number of carbonyl (C=O) groups is 2. The van der Waals surface area contributed by atoms with Crippen molar-refractivity contribution in [1.29, 1.82) is 0 Å². The molecule has 0 aromatic heterocycles. The number of hydrogen-bond donors (Lipinski definition) is 1. The number of carbonyl (C=O) groups excluding carboxylic acids is 2. The minimum absolute atomic E-state index is 0.0784. The lowest BCUT2D eigenvalue weighted by atomic mass is 9.93. The lowest BCUT2D eigenvalue weighted by Gasteiger charge is -2.43. The molecule has 1 heterocycles. The monoisotopic (exact) mass is 408 g/mol. The largest absolute Gasteiger partial charge is 0.350 e. The number of rotatable bonds is 6. The molecule has 1 amide bonds. The van der Waals surface area contributed by atoms with Crippen molar-refractivity contribution in [2.75, 3.05) is 31.1 Å². The topological polar surface area (TPSA) is 49.4 Å². The summed E-state index contributed by atoms with van der Waals surface area (Å²) in [7, 11) is 0. The second-order valence-electron chi connectivity index (χ2n) is 7.95. The summed E-state index contributed by atoms with van der Waals surface area (Å²) < 4.78 is 0. The van der Waals surface area contributed by atoms with Gasteiger partial charge in [0, 0.05) is 47.8 Å². The summed E-state index contributed by atoms with van der Waals surface area (Å²) >= 11 is 2.01. The van der Waals surface area contributed by atoms with E-state index in [1.54, 1.807) is 24.3 Å². The van der Waals surface area contributed by atoms with Crippen LogP contribution in [0.2, 0.25) is 0 Å². The fourth-order valence-corrected chi connectivity index (χ4v) is 5.54. The van der Waals surface area contributed by atoms with E-state index in [0.29, 0.717) is 23.2 Å². The lowest BCUT2D eigenvalue weighted by molar-refractivity contribution is 0.0814. The van der Waals surface area contributed by atoms with Crippen LogP contribution >= 0.6 is 11.8 Å². The molecule has 2 fully saturated rings.